The summed E-state index contributed by atoms with van der Waals surface area (Å²) in [6.07, 6.45) is 7.43. The fourth-order valence-electron chi connectivity index (χ4n) is 2.72. The molecule has 5 heteroatoms. The highest BCUT2D eigenvalue weighted by molar-refractivity contribution is 5.92. The molecule has 0 saturated carbocycles. The fourth-order valence-corrected chi connectivity index (χ4v) is 2.72. The van der Waals surface area contributed by atoms with E-state index >= 15 is 0 Å². The lowest BCUT2D eigenvalue weighted by Gasteiger charge is -2.34. The number of hydrogen-bond donors (Lipinski definition) is 0. The van der Waals surface area contributed by atoms with Gasteiger partial charge in [-0.1, -0.05) is 19.1 Å². The quantitative estimate of drug-likeness (QED) is 0.484. The molecule has 1 heterocycles. The van der Waals surface area contributed by atoms with Crippen molar-refractivity contribution in [3.8, 4) is 0 Å². The van der Waals surface area contributed by atoms with Crippen LogP contribution in [0, 0.1) is 10.1 Å². The second-order valence-electron chi connectivity index (χ2n) is 5.27. The predicted octanol–water partition coefficient (Wildman–Crippen LogP) is 3.40. The Bertz CT molecular complexity index is 554. The Balaban J connectivity index is 2.07. The Morgan fingerprint density at radius 1 is 1.48 bits per heavy atom. The molecule has 1 amide bonds. The molecule has 2 rings (SSSR count). The van der Waals surface area contributed by atoms with Gasteiger partial charge < -0.3 is 4.90 Å². The number of carbonyl (C=O) groups is 1. The topological polar surface area (TPSA) is 63.5 Å². The van der Waals surface area contributed by atoms with Crippen LogP contribution >= 0.6 is 0 Å². The zero-order chi connectivity index (χ0) is 15.2. The second kappa shape index (κ2) is 7.02. The number of benzene rings is 1. The lowest BCUT2D eigenvalue weighted by molar-refractivity contribution is -0.384. The van der Waals surface area contributed by atoms with Crippen LogP contribution in [0.3, 0.4) is 0 Å². The number of nitro groups is 1. The Morgan fingerprint density at radius 3 is 3.00 bits per heavy atom. The third-order valence-electron chi connectivity index (χ3n) is 3.88. The number of non-ortho nitro benzene ring substituents is 1. The summed E-state index contributed by atoms with van der Waals surface area (Å²) >= 11 is 0. The number of hydrogen-bond acceptors (Lipinski definition) is 3. The molecule has 1 aromatic carbocycles. The van der Waals surface area contributed by atoms with Crippen molar-refractivity contribution < 1.29 is 9.72 Å². The van der Waals surface area contributed by atoms with Crippen molar-refractivity contribution >= 4 is 17.7 Å². The molecule has 112 valence electrons. The molecule has 1 saturated heterocycles. The fraction of sp³-hybridized carbons (Fsp3) is 0.438. The zero-order valence-electron chi connectivity index (χ0n) is 12.2. The first-order valence-corrected chi connectivity index (χ1v) is 7.35. The van der Waals surface area contributed by atoms with Gasteiger partial charge in [0.2, 0.25) is 5.91 Å². The van der Waals surface area contributed by atoms with Gasteiger partial charge in [-0.25, -0.2) is 0 Å². The minimum absolute atomic E-state index is 0.00643. The highest BCUT2D eigenvalue weighted by atomic mass is 16.6. The summed E-state index contributed by atoms with van der Waals surface area (Å²) in [5, 5.41) is 10.7. The van der Waals surface area contributed by atoms with E-state index in [4.69, 9.17) is 0 Å². The van der Waals surface area contributed by atoms with Crippen molar-refractivity contribution in [1.29, 1.82) is 0 Å². The summed E-state index contributed by atoms with van der Waals surface area (Å²) in [5.74, 6) is -0.00643. The molecule has 21 heavy (non-hydrogen) atoms. The predicted molar refractivity (Wildman–Crippen MR) is 81.8 cm³/mol. The van der Waals surface area contributed by atoms with Gasteiger partial charge in [0, 0.05) is 30.8 Å². The largest absolute Gasteiger partial charge is 0.336 e. The van der Waals surface area contributed by atoms with Gasteiger partial charge in [-0.2, -0.15) is 0 Å². The zero-order valence-corrected chi connectivity index (χ0v) is 12.2. The molecule has 0 bridgehead atoms. The summed E-state index contributed by atoms with van der Waals surface area (Å²) in [5.41, 5.74) is 0.705. The first-order chi connectivity index (χ1) is 10.1. The standard InChI is InChI=1S/C16H20N2O3/c1-2-14-7-3-4-11-17(14)16(19)10-9-13-6-5-8-15(12-13)18(20)21/h5-6,8-10,12,14H,2-4,7,11H2,1H3. The molecule has 1 aliphatic heterocycles. The molecule has 0 N–H and O–H groups in total. The molecule has 0 aromatic heterocycles. The highest BCUT2D eigenvalue weighted by Gasteiger charge is 2.23. The van der Waals surface area contributed by atoms with Gasteiger partial charge in [0.1, 0.15) is 0 Å². The summed E-state index contributed by atoms with van der Waals surface area (Å²) in [6.45, 7) is 2.90. The van der Waals surface area contributed by atoms with E-state index in [0.29, 0.717) is 11.6 Å². The molecule has 1 aromatic rings. The van der Waals surface area contributed by atoms with Crippen molar-refractivity contribution in [2.75, 3.05) is 6.54 Å². The SMILES string of the molecule is CCC1CCCCN1C(=O)C=Cc1cccc([N+](=O)[O-])c1. The molecule has 1 atom stereocenters. The van der Waals surface area contributed by atoms with E-state index in [9.17, 15) is 14.9 Å². The number of nitro benzene ring substituents is 1. The Morgan fingerprint density at radius 2 is 2.29 bits per heavy atom. The van der Waals surface area contributed by atoms with E-state index < -0.39 is 4.92 Å². The van der Waals surface area contributed by atoms with E-state index in [1.165, 1.54) is 24.6 Å². The minimum Gasteiger partial charge on any atom is -0.336 e. The van der Waals surface area contributed by atoms with E-state index in [2.05, 4.69) is 6.92 Å². The van der Waals surface area contributed by atoms with Crippen LogP contribution in [0.2, 0.25) is 0 Å². The summed E-state index contributed by atoms with van der Waals surface area (Å²) < 4.78 is 0. The van der Waals surface area contributed by atoms with Gasteiger partial charge >= 0.3 is 0 Å². The molecule has 1 aliphatic rings. The molecule has 0 aliphatic carbocycles. The lowest BCUT2D eigenvalue weighted by atomic mass is 10.00. The third kappa shape index (κ3) is 3.90. The number of likely N-dealkylation sites (tertiary alicyclic amines) is 1. The average molecular weight is 288 g/mol. The van der Waals surface area contributed by atoms with Crippen LogP contribution in [0.5, 0.6) is 0 Å². The monoisotopic (exact) mass is 288 g/mol. The van der Waals surface area contributed by atoms with Crippen LogP contribution in [0.15, 0.2) is 30.3 Å². The lowest BCUT2D eigenvalue weighted by Crippen LogP contribution is -2.42. The van der Waals surface area contributed by atoms with Gasteiger partial charge in [0.15, 0.2) is 0 Å². The van der Waals surface area contributed by atoms with Crippen molar-refractivity contribution in [3.63, 3.8) is 0 Å². The highest BCUT2D eigenvalue weighted by Crippen LogP contribution is 2.20. The van der Waals surface area contributed by atoms with E-state index in [0.717, 1.165) is 25.8 Å². The normalized spacial score (nSPS) is 18.9. The van der Waals surface area contributed by atoms with Crippen LogP contribution in [0.1, 0.15) is 38.2 Å². The van der Waals surface area contributed by atoms with E-state index in [-0.39, 0.29) is 11.6 Å². The summed E-state index contributed by atoms with van der Waals surface area (Å²) in [4.78, 5) is 24.5. The first kappa shape index (κ1) is 15.2. The Kier molecular flexibility index (Phi) is 5.09. The Hall–Kier alpha value is -2.17. The van der Waals surface area contributed by atoms with Crippen molar-refractivity contribution in [3.05, 3.63) is 46.0 Å². The molecular weight excluding hydrogens is 268 g/mol. The minimum atomic E-state index is -0.434. The van der Waals surface area contributed by atoms with Crippen LogP contribution < -0.4 is 0 Å². The summed E-state index contributed by atoms with van der Waals surface area (Å²) in [6, 6.07) is 6.61. The second-order valence-corrected chi connectivity index (χ2v) is 5.27. The Labute approximate surface area is 124 Å². The number of nitrogens with zero attached hydrogens (tertiary/aromatic N) is 2. The molecular formula is C16H20N2O3. The maximum atomic E-state index is 12.3. The number of piperidine rings is 1. The average Bonchev–Trinajstić information content (AvgIpc) is 2.52. The summed E-state index contributed by atoms with van der Waals surface area (Å²) in [7, 11) is 0. The molecule has 1 unspecified atom stereocenters. The van der Waals surface area contributed by atoms with Crippen LogP contribution in [-0.2, 0) is 4.79 Å². The molecule has 0 spiro atoms. The van der Waals surface area contributed by atoms with Crippen LogP contribution in [0.25, 0.3) is 6.08 Å². The van der Waals surface area contributed by atoms with Gasteiger partial charge in [-0.05, 0) is 37.3 Å². The molecule has 0 radical (unpaired) electrons. The number of rotatable bonds is 4. The van der Waals surface area contributed by atoms with Crippen LogP contribution in [0.4, 0.5) is 5.69 Å². The van der Waals surface area contributed by atoms with Crippen molar-refractivity contribution in [2.24, 2.45) is 0 Å². The smallest absolute Gasteiger partial charge is 0.270 e. The molecule has 1 fully saturated rings. The van der Waals surface area contributed by atoms with Crippen LogP contribution in [-0.4, -0.2) is 28.3 Å². The number of carbonyl (C=O) groups excluding carboxylic acids is 1. The third-order valence-corrected chi connectivity index (χ3v) is 3.88. The van der Waals surface area contributed by atoms with Crippen molar-refractivity contribution in [1.82, 2.24) is 4.90 Å². The van der Waals surface area contributed by atoms with Gasteiger partial charge in [-0.3, -0.25) is 14.9 Å². The number of amides is 1. The van der Waals surface area contributed by atoms with Crippen molar-refractivity contribution in [2.45, 2.75) is 38.6 Å². The van der Waals surface area contributed by atoms with Gasteiger partial charge in [-0.15, -0.1) is 0 Å². The molecule has 5 nitrogen and oxygen atoms in total. The first-order valence-electron chi connectivity index (χ1n) is 7.35. The van der Waals surface area contributed by atoms with E-state index in [1.54, 1.807) is 18.2 Å². The maximum Gasteiger partial charge on any atom is 0.270 e. The van der Waals surface area contributed by atoms with E-state index in [1.807, 2.05) is 4.90 Å². The maximum absolute atomic E-state index is 12.3. The van der Waals surface area contributed by atoms with Gasteiger partial charge in [0.25, 0.3) is 5.69 Å². The van der Waals surface area contributed by atoms with Gasteiger partial charge in [0.05, 0.1) is 4.92 Å².